The number of benzene rings is 2. The highest BCUT2D eigenvalue weighted by Crippen LogP contribution is 2.29. The van der Waals surface area contributed by atoms with Crippen LogP contribution in [0.2, 0.25) is 0 Å². The summed E-state index contributed by atoms with van der Waals surface area (Å²) in [5.41, 5.74) is 0.968. The Bertz CT molecular complexity index is 1480. The van der Waals surface area contributed by atoms with E-state index in [1.807, 2.05) is 13.0 Å². The topological polar surface area (TPSA) is 121 Å². The van der Waals surface area contributed by atoms with Gasteiger partial charge in [0.05, 0.1) is 28.3 Å². The van der Waals surface area contributed by atoms with Crippen LogP contribution >= 0.6 is 11.3 Å². The van der Waals surface area contributed by atoms with Crippen molar-refractivity contribution in [2.45, 2.75) is 11.8 Å². The number of anilines is 1. The number of H-pyrrole nitrogens is 1. The normalized spacial score (nSPS) is 11.8. The number of ether oxygens (including phenoxy) is 1. The molecule has 166 valence electrons. The van der Waals surface area contributed by atoms with Crippen LogP contribution in [0.5, 0.6) is 5.75 Å². The summed E-state index contributed by atoms with van der Waals surface area (Å²) < 4.78 is 33.1. The van der Waals surface area contributed by atoms with Gasteiger partial charge in [0.15, 0.2) is 5.13 Å². The average molecular weight is 473 g/mol. The second kappa shape index (κ2) is 8.69. The van der Waals surface area contributed by atoms with Crippen molar-refractivity contribution in [3.05, 3.63) is 58.9 Å². The number of hydrogen-bond acceptors (Lipinski definition) is 7. The van der Waals surface area contributed by atoms with Crippen molar-refractivity contribution < 1.29 is 17.9 Å². The van der Waals surface area contributed by atoms with Crippen LogP contribution in [0.15, 0.2) is 58.2 Å². The quantitative estimate of drug-likeness (QED) is 0.427. The van der Waals surface area contributed by atoms with Gasteiger partial charge < -0.3 is 15.0 Å². The number of nitrogens with zero attached hydrogens (tertiary/aromatic N) is 2. The molecule has 2 N–H and O–H groups in total. The summed E-state index contributed by atoms with van der Waals surface area (Å²) in [6.45, 7) is 2.06. The molecule has 9 nitrogen and oxygen atoms in total. The summed E-state index contributed by atoms with van der Waals surface area (Å²) in [6, 6.07) is 12.7. The first-order valence-electron chi connectivity index (χ1n) is 9.69. The number of fused-ring (bicyclic) bond motifs is 2. The summed E-state index contributed by atoms with van der Waals surface area (Å²) >= 11 is 1.28. The fraction of sp³-hybridized carbons (Fsp3) is 0.190. The number of aromatic nitrogens is 2. The zero-order valence-corrected chi connectivity index (χ0v) is 18.9. The number of pyridine rings is 1. The molecule has 2 heterocycles. The lowest BCUT2D eigenvalue weighted by Gasteiger charge is -2.16. The first-order valence-corrected chi connectivity index (χ1v) is 11.9. The van der Waals surface area contributed by atoms with Crippen LogP contribution in [0.3, 0.4) is 0 Å². The van der Waals surface area contributed by atoms with Gasteiger partial charge in [-0.1, -0.05) is 11.3 Å². The minimum Gasteiger partial charge on any atom is -0.494 e. The summed E-state index contributed by atoms with van der Waals surface area (Å²) in [5, 5.41) is 3.60. The van der Waals surface area contributed by atoms with Crippen LogP contribution in [0.4, 0.5) is 5.13 Å². The molecule has 0 aliphatic heterocycles. The van der Waals surface area contributed by atoms with E-state index in [9.17, 15) is 18.0 Å². The van der Waals surface area contributed by atoms with E-state index < -0.39 is 15.9 Å². The number of amides is 1. The monoisotopic (exact) mass is 472 g/mol. The molecule has 2 aromatic carbocycles. The Labute approximate surface area is 187 Å². The summed E-state index contributed by atoms with van der Waals surface area (Å²) in [6.07, 6.45) is 0. The number of thiazole rings is 1. The molecule has 0 unspecified atom stereocenters. The zero-order valence-electron chi connectivity index (χ0n) is 17.3. The van der Waals surface area contributed by atoms with Gasteiger partial charge >= 0.3 is 0 Å². The molecule has 0 radical (unpaired) electrons. The smallest absolute Gasteiger partial charge is 0.248 e. The lowest BCUT2D eigenvalue weighted by molar-refractivity contribution is -0.116. The molecule has 0 saturated carbocycles. The Balaban J connectivity index is 1.48. The summed E-state index contributed by atoms with van der Waals surface area (Å²) in [4.78, 5) is 30.9. The van der Waals surface area contributed by atoms with Gasteiger partial charge in [-0.05, 0) is 54.8 Å². The van der Waals surface area contributed by atoms with E-state index >= 15 is 0 Å². The molecule has 0 aliphatic carbocycles. The van der Waals surface area contributed by atoms with Crippen LogP contribution in [-0.4, -0.2) is 48.8 Å². The Kier molecular flexibility index (Phi) is 5.96. The van der Waals surface area contributed by atoms with Crippen molar-refractivity contribution in [2.24, 2.45) is 0 Å². The molecule has 32 heavy (non-hydrogen) atoms. The van der Waals surface area contributed by atoms with Gasteiger partial charge in [0.2, 0.25) is 21.5 Å². The minimum absolute atomic E-state index is 0.0239. The predicted molar refractivity (Wildman–Crippen MR) is 124 cm³/mol. The highest BCUT2D eigenvalue weighted by molar-refractivity contribution is 7.89. The van der Waals surface area contributed by atoms with Crippen LogP contribution < -0.4 is 15.6 Å². The molecule has 0 spiro atoms. The largest absolute Gasteiger partial charge is 0.494 e. The van der Waals surface area contributed by atoms with Crippen molar-refractivity contribution in [2.75, 3.05) is 25.5 Å². The maximum Gasteiger partial charge on any atom is 0.248 e. The lowest BCUT2D eigenvalue weighted by Crippen LogP contribution is -2.34. The van der Waals surface area contributed by atoms with E-state index in [0.717, 1.165) is 9.01 Å². The summed E-state index contributed by atoms with van der Waals surface area (Å²) in [7, 11) is -2.59. The Morgan fingerprint density at radius 3 is 2.78 bits per heavy atom. The first kappa shape index (κ1) is 21.9. The molecular weight excluding hydrogens is 452 g/mol. The third-order valence-corrected chi connectivity index (χ3v) is 7.42. The van der Waals surface area contributed by atoms with E-state index in [1.54, 1.807) is 18.2 Å². The van der Waals surface area contributed by atoms with Crippen LogP contribution in [0.1, 0.15) is 6.92 Å². The van der Waals surface area contributed by atoms with Crippen LogP contribution in [-0.2, 0) is 14.8 Å². The lowest BCUT2D eigenvalue weighted by atomic mass is 10.2. The molecule has 11 heteroatoms. The molecule has 4 rings (SSSR count). The molecule has 0 atom stereocenters. The number of hydrogen-bond donors (Lipinski definition) is 2. The van der Waals surface area contributed by atoms with E-state index in [1.165, 1.54) is 42.6 Å². The van der Waals surface area contributed by atoms with Crippen molar-refractivity contribution >= 4 is 53.5 Å². The number of carbonyl (C=O) groups is 1. The Morgan fingerprint density at radius 1 is 1.19 bits per heavy atom. The first-order chi connectivity index (χ1) is 15.3. The fourth-order valence-corrected chi connectivity index (χ4v) is 5.21. The van der Waals surface area contributed by atoms with E-state index in [-0.39, 0.29) is 17.0 Å². The van der Waals surface area contributed by atoms with Gasteiger partial charge in [-0.15, -0.1) is 0 Å². The van der Waals surface area contributed by atoms with E-state index in [2.05, 4.69) is 15.3 Å². The highest BCUT2D eigenvalue weighted by atomic mass is 32.2. The van der Waals surface area contributed by atoms with Crippen molar-refractivity contribution in [1.29, 1.82) is 0 Å². The van der Waals surface area contributed by atoms with E-state index in [4.69, 9.17) is 4.74 Å². The molecule has 0 aliphatic rings. The van der Waals surface area contributed by atoms with Gasteiger partial charge in [-0.25, -0.2) is 13.4 Å². The van der Waals surface area contributed by atoms with Crippen LogP contribution in [0.25, 0.3) is 21.1 Å². The van der Waals surface area contributed by atoms with Gasteiger partial charge in [-0.3, -0.25) is 9.59 Å². The van der Waals surface area contributed by atoms with Crippen molar-refractivity contribution in [1.82, 2.24) is 14.3 Å². The third kappa shape index (κ3) is 4.49. The van der Waals surface area contributed by atoms with Gasteiger partial charge in [-0.2, -0.15) is 4.31 Å². The van der Waals surface area contributed by atoms with Crippen molar-refractivity contribution in [3.8, 4) is 5.75 Å². The molecule has 4 aromatic rings. The number of aromatic amines is 1. The second-order valence-corrected chi connectivity index (χ2v) is 10.0. The maximum absolute atomic E-state index is 12.9. The zero-order chi connectivity index (χ0) is 22.9. The molecule has 1 amide bonds. The van der Waals surface area contributed by atoms with Crippen molar-refractivity contribution in [3.63, 3.8) is 0 Å². The number of nitrogens with one attached hydrogen (secondary N) is 2. The standard InChI is InChI=1S/C21H20N4O5S2/c1-3-30-14-5-7-17-18(11-14)31-21(23-17)24-20(27)12-25(2)32(28,29)15-6-8-16-13(10-15)4-9-19(26)22-16/h4-11H,3,12H2,1-2H3,(H,22,26)(H,23,24,27). The van der Waals surface area contributed by atoms with Gasteiger partial charge in [0, 0.05) is 18.6 Å². The van der Waals surface area contributed by atoms with E-state index in [0.29, 0.717) is 33.9 Å². The number of carbonyl (C=O) groups excluding carboxylic acids is 1. The van der Waals surface area contributed by atoms with Gasteiger partial charge in [0.25, 0.3) is 0 Å². The SMILES string of the molecule is CCOc1ccc2nc(NC(=O)CN(C)S(=O)(=O)c3ccc4[nH]c(=O)ccc4c3)sc2c1. The average Bonchev–Trinajstić information content (AvgIpc) is 3.14. The van der Waals surface area contributed by atoms with Crippen LogP contribution in [0, 0.1) is 0 Å². The maximum atomic E-state index is 12.9. The summed E-state index contributed by atoms with van der Waals surface area (Å²) in [5.74, 6) is 0.206. The second-order valence-electron chi connectivity index (χ2n) is 6.96. The molecule has 2 aromatic heterocycles. The van der Waals surface area contributed by atoms with Gasteiger partial charge in [0.1, 0.15) is 5.75 Å². The molecule has 0 fully saturated rings. The molecular formula is C21H20N4O5S2. The number of likely N-dealkylation sites (N-methyl/N-ethyl adjacent to an activating group) is 1. The number of rotatable bonds is 7. The minimum atomic E-state index is -3.92. The number of sulfonamides is 1. The Morgan fingerprint density at radius 2 is 2.00 bits per heavy atom. The predicted octanol–water partition coefficient (Wildman–Crippen LogP) is 2.80. The Hall–Kier alpha value is -3.28. The fourth-order valence-electron chi connectivity index (χ4n) is 3.13. The third-order valence-electron chi connectivity index (χ3n) is 4.69. The highest BCUT2D eigenvalue weighted by Gasteiger charge is 2.24. The molecule has 0 saturated heterocycles. The molecule has 0 bridgehead atoms.